The number of ether oxygens (including phenoxy) is 1. The Labute approximate surface area is 170 Å². The minimum absolute atomic E-state index is 0.00105. The van der Waals surface area contributed by atoms with Crippen LogP contribution in [0.25, 0.3) is 5.82 Å². The molecule has 2 aromatic heterocycles. The standard InChI is InChI=1S/C23H28N2O4/c1-12-4-19(14(3)25(12)21-5-13(2)29-24-21)20(26)11-28-23(27)22-17-7-15-6-16(9-17)10-18(22)8-15/h4-5,15-18,22H,6-11H2,1-3H3. The van der Waals surface area contributed by atoms with Crippen LogP contribution < -0.4 is 0 Å². The number of aromatic nitrogens is 2. The van der Waals surface area contributed by atoms with Crippen LogP contribution in [0.2, 0.25) is 0 Å². The monoisotopic (exact) mass is 396 g/mol. The normalized spacial score (nSPS) is 30.0. The SMILES string of the molecule is Cc1cc(-n2c(C)cc(C(=O)COC(=O)C3C4CC5CC(C4)CC3C5)c2C)no1. The molecule has 0 radical (unpaired) electrons. The molecule has 29 heavy (non-hydrogen) atoms. The zero-order chi connectivity index (χ0) is 20.3. The summed E-state index contributed by atoms with van der Waals surface area (Å²) in [5.74, 6) is 3.61. The molecule has 4 fully saturated rings. The summed E-state index contributed by atoms with van der Waals surface area (Å²) in [6.07, 6.45) is 6.02. The van der Waals surface area contributed by atoms with Crippen LogP contribution >= 0.6 is 0 Å². The molecule has 0 amide bonds. The second kappa shape index (κ2) is 6.85. The van der Waals surface area contributed by atoms with Crippen LogP contribution in [0.1, 0.15) is 59.6 Å². The topological polar surface area (TPSA) is 74.3 Å². The zero-order valence-corrected chi connectivity index (χ0v) is 17.3. The third-order valence-corrected chi connectivity index (χ3v) is 7.42. The quantitative estimate of drug-likeness (QED) is 0.560. The second-order valence-corrected chi connectivity index (χ2v) is 9.40. The molecule has 0 aliphatic heterocycles. The van der Waals surface area contributed by atoms with Gasteiger partial charge in [0.15, 0.2) is 12.4 Å². The van der Waals surface area contributed by atoms with Crippen LogP contribution in [0.5, 0.6) is 0 Å². The summed E-state index contributed by atoms with van der Waals surface area (Å²) in [6.45, 7) is 5.45. The molecule has 0 atom stereocenters. The van der Waals surface area contributed by atoms with Crippen LogP contribution in [-0.4, -0.2) is 28.1 Å². The predicted octanol–water partition coefficient (Wildman–Crippen LogP) is 4.19. The van der Waals surface area contributed by atoms with E-state index in [1.807, 2.05) is 37.5 Å². The molecular formula is C23H28N2O4. The maximum absolute atomic E-state index is 12.8. The van der Waals surface area contributed by atoms with E-state index in [2.05, 4.69) is 5.16 Å². The number of carbonyl (C=O) groups excluding carboxylic acids is 2. The highest BCUT2D eigenvalue weighted by atomic mass is 16.5. The molecule has 2 aromatic rings. The van der Waals surface area contributed by atoms with Crippen LogP contribution in [-0.2, 0) is 9.53 Å². The fourth-order valence-electron chi connectivity index (χ4n) is 6.48. The smallest absolute Gasteiger partial charge is 0.309 e. The summed E-state index contributed by atoms with van der Waals surface area (Å²) in [5.41, 5.74) is 2.25. The van der Waals surface area contributed by atoms with Gasteiger partial charge < -0.3 is 9.26 Å². The average Bonchev–Trinajstić information content (AvgIpc) is 3.21. The van der Waals surface area contributed by atoms with Gasteiger partial charge in [0.25, 0.3) is 0 Å². The summed E-state index contributed by atoms with van der Waals surface area (Å²) >= 11 is 0. The summed E-state index contributed by atoms with van der Waals surface area (Å²) in [5, 5.41) is 4.05. The largest absolute Gasteiger partial charge is 0.457 e. The van der Waals surface area contributed by atoms with Gasteiger partial charge in [0.1, 0.15) is 5.76 Å². The summed E-state index contributed by atoms with van der Waals surface area (Å²) < 4.78 is 12.6. The van der Waals surface area contributed by atoms with Crippen molar-refractivity contribution in [3.05, 3.63) is 34.8 Å². The minimum atomic E-state index is -0.191. The van der Waals surface area contributed by atoms with Crippen molar-refractivity contribution in [2.24, 2.45) is 29.6 Å². The molecular weight excluding hydrogens is 368 g/mol. The molecule has 0 saturated heterocycles. The van der Waals surface area contributed by atoms with E-state index in [0.29, 0.717) is 29.0 Å². The number of ketones is 1. The lowest BCUT2D eigenvalue weighted by Gasteiger charge is -2.53. The van der Waals surface area contributed by atoms with E-state index in [4.69, 9.17) is 9.26 Å². The van der Waals surface area contributed by atoms with Gasteiger partial charge in [0, 0.05) is 23.0 Å². The van der Waals surface area contributed by atoms with Gasteiger partial charge in [-0.3, -0.25) is 14.2 Å². The van der Waals surface area contributed by atoms with Crippen molar-refractivity contribution in [3.8, 4) is 5.82 Å². The Bertz CT molecular complexity index is 942. The molecule has 154 valence electrons. The Kier molecular flexibility index (Phi) is 4.41. The van der Waals surface area contributed by atoms with Gasteiger partial charge in [-0.2, -0.15) is 0 Å². The fraction of sp³-hybridized carbons (Fsp3) is 0.609. The molecule has 0 unspecified atom stereocenters. The lowest BCUT2D eigenvalue weighted by molar-refractivity contribution is -0.161. The van der Waals surface area contributed by atoms with E-state index in [-0.39, 0.29) is 24.3 Å². The number of carbonyl (C=O) groups is 2. The van der Waals surface area contributed by atoms with E-state index in [1.165, 1.54) is 32.1 Å². The number of Topliss-reactive ketones (excluding diaryl/α,β-unsaturated/α-hetero) is 1. The van der Waals surface area contributed by atoms with E-state index in [9.17, 15) is 9.59 Å². The molecule has 0 spiro atoms. The third kappa shape index (κ3) is 3.13. The number of hydrogen-bond donors (Lipinski definition) is 0. The Morgan fingerprint density at radius 1 is 1.07 bits per heavy atom. The lowest BCUT2D eigenvalue weighted by Crippen LogP contribution is -2.48. The average molecular weight is 396 g/mol. The van der Waals surface area contributed by atoms with Crippen molar-refractivity contribution in [1.29, 1.82) is 0 Å². The fourth-order valence-corrected chi connectivity index (χ4v) is 6.48. The molecule has 4 saturated carbocycles. The van der Waals surface area contributed by atoms with Gasteiger partial charge in [-0.1, -0.05) is 5.16 Å². The summed E-state index contributed by atoms with van der Waals surface area (Å²) in [6, 6.07) is 3.67. The first-order chi connectivity index (χ1) is 13.9. The van der Waals surface area contributed by atoms with Crippen LogP contribution in [0.3, 0.4) is 0 Å². The maximum Gasteiger partial charge on any atom is 0.309 e. The van der Waals surface area contributed by atoms with Gasteiger partial charge in [-0.25, -0.2) is 0 Å². The Hall–Kier alpha value is -2.37. The molecule has 0 aromatic carbocycles. The molecule has 4 aliphatic carbocycles. The number of nitrogens with zero attached hydrogens (tertiary/aromatic N) is 2. The Balaban J connectivity index is 1.27. The second-order valence-electron chi connectivity index (χ2n) is 9.40. The van der Waals surface area contributed by atoms with Gasteiger partial charge in [0.2, 0.25) is 5.78 Å². The van der Waals surface area contributed by atoms with Crippen LogP contribution in [0.15, 0.2) is 16.7 Å². The summed E-state index contributed by atoms with van der Waals surface area (Å²) in [7, 11) is 0. The molecule has 6 heteroatoms. The van der Waals surface area contributed by atoms with Gasteiger partial charge in [-0.05, 0) is 82.6 Å². The first kappa shape index (κ1) is 18.6. The van der Waals surface area contributed by atoms with E-state index in [0.717, 1.165) is 23.2 Å². The molecule has 6 rings (SSSR count). The highest BCUT2D eigenvalue weighted by Crippen LogP contribution is 2.56. The molecule has 6 nitrogen and oxygen atoms in total. The first-order valence-corrected chi connectivity index (χ1v) is 10.7. The van der Waals surface area contributed by atoms with Crippen molar-refractivity contribution in [3.63, 3.8) is 0 Å². The summed E-state index contributed by atoms with van der Waals surface area (Å²) in [4.78, 5) is 25.7. The highest BCUT2D eigenvalue weighted by molar-refractivity contribution is 5.99. The third-order valence-electron chi connectivity index (χ3n) is 7.42. The van der Waals surface area contributed by atoms with E-state index in [1.54, 1.807) is 0 Å². The number of esters is 1. The van der Waals surface area contributed by atoms with Gasteiger partial charge >= 0.3 is 5.97 Å². The predicted molar refractivity (Wildman–Crippen MR) is 106 cm³/mol. The number of aryl methyl sites for hydroxylation is 2. The van der Waals surface area contributed by atoms with Crippen molar-refractivity contribution >= 4 is 11.8 Å². The molecule has 4 bridgehead atoms. The van der Waals surface area contributed by atoms with Gasteiger partial charge in [0.05, 0.1) is 5.92 Å². The van der Waals surface area contributed by atoms with E-state index < -0.39 is 0 Å². The Morgan fingerprint density at radius 2 is 1.72 bits per heavy atom. The van der Waals surface area contributed by atoms with Crippen LogP contribution in [0, 0.1) is 50.4 Å². The maximum atomic E-state index is 12.8. The zero-order valence-electron chi connectivity index (χ0n) is 17.3. The van der Waals surface area contributed by atoms with Crippen molar-refractivity contribution in [2.45, 2.75) is 52.9 Å². The van der Waals surface area contributed by atoms with Crippen molar-refractivity contribution in [1.82, 2.24) is 9.72 Å². The molecule has 4 aliphatic rings. The first-order valence-electron chi connectivity index (χ1n) is 10.7. The highest BCUT2D eigenvalue weighted by Gasteiger charge is 2.51. The van der Waals surface area contributed by atoms with Crippen molar-refractivity contribution in [2.75, 3.05) is 6.61 Å². The van der Waals surface area contributed by atoms with Crippen molar-refractivity contribution < 1.29 is 18.8 Å². The van der Waals surface area contributed by atoms with Gasteiger partial charge in [-0.15, -0.1) is 0 Å². The van der Waals surface area contributed by atoms with Crippen LogP contribution in [0.4, 0.5) is 0 Å². The Morgan fingerprint density at radius 3 is 2.31 bits per heavy atom. The molecule has 2 heterocycles. The lowest BCUT2D eigenvalue weighted by atomic mass is 9.52. The number of hydrogen-bond acceptors (Lipinski definition) is 5. The number of rotatable bonds is 5. The molecule has 0 N–H and O–H groups in total. The minimum Gasteiger partial charge on any atom is -0.457 e. The van der Waals surface area contributed by atoms with E-state index >= 15 is 0 Å².